The standard InChI is InChI=1S/C8H5F4NO2/c9-6-1-5(4-8(10,11)12)2-7(3-6)13(14)15/h1-3H,4H2. The van der Waals surface area contributed by atoms with E-state index in [2.05, 4.69) is 0 Å². The van der Waals surface area contributed by atoms with Crippen LogP contribution in [0.1, 0.15) is 5.56 Å². The predicted molar refractivity (Wildman–Crippen MR) is 42.8 cm³/mol. The third kappa shape index (κ3) is 3.53. The van der Waals surface area contributed by atoms with Gasteiger partial charge in [0.05, 0.1) is 17.4 Å². The van der Waals surface area contributed by atoms with Crippen molar-refractivity contribution >= 4 is 5.69 Å². The average molecular weight is 223 g/mol. The normalized spacial score (nSPS) is 11.5. The molecule has 1 aromatic rings. The van der Waals surface area contributed by atoms with Gasteiger partial charge in [-0.15, -0.1) is 0 Å². The number of hydrogen-bond donors (Lipinski definition) is 0. The molecular formula is C8H5F4NO2. The van der Waals surface area contributed by atoms with Crippen LogP contribution >= 0.6 is 0 Å². The maximum absolute atomic E-state index is 12.7. The molecule has 3 nitrogen and oxygen atoms in total. The van der Waals surface area contributed by atoms with Crippen LogP contribution in [0.4, 0.5) is 23.2 Å². The van der Waals surface area contributed by atoms with Gasteiger partial charge in [0.2, 0.25) is 0 Å². The summed E-state index contributed by atoms with van der Waals surface area (Å²) in [5, 5.41) is 10.2. The van der Waals surface area contributed by atoms with E-state index in [-0.39, 0.29) is 0 Å². The topological polar surface area (TPSA) is 43.1 Å². The number of nitrogens with zero attached hydrogens (tertiary/aromatic N) is 1. The first kappa shape index (κ1) is 11.4. The number of rotatable bonds is 2. The summed E-state index contributed by atoms with van der Waals surface area (Å²) in [5.41, 5.74) is -1.15. The Morgan fingerprint density at radius 2 is 1.87 bits per heavy atom. The molecule has 1 aromatic carbocycles. The van der Waals surface area contributed by atoms with E-state index in [0.717, 1.165) is 0 Å². The SMILES string of the molecule is O=[N+]([O-])c1cc(F)cc(CC(F)(F)F)c1. The van der Waals surface area contributed by atoms with Gasteiger partial charge in [0.25, 0.3) is 5.69 Å². The lowest BCUT2D eigenvalue weighted by molar-refractivity contribution is -0.385. The molecule has 7 heteroatoms. The summed E-state index contributed by atoms with van der Waals surface area (Å²) in [4.78, 5) is 9.29. The fourth-order valence-electron chi connectivity index (χ4n) is 1.07. The summed E-state index contributed by atoms with van der Waals surface area (Å²) in [6, 6.07) is 1.90. The molecule has 0 bridgehead atoms. The second-order valence-corrected chi connectivity index (χ2v) is 2.87. The minimum Gasteiger partial charge on any atom is -0.258 e. The molecule has 0 aliphatic heterocycles. The van der Waals surface area contributed by atoms with E-state index < -0.39 is 34.6 Å². The molecule has 0 aliphatic rings. The molecular weight excluding hydrogens is 218 g/mol. The zero-order valence-corrected chi connectivity index (χ0v) is 7.21. The van der Waals surface area contributed by atoms with Crippen molar-refractivity contribution in [3.05, 3.63) is 39.7 Å². The summed E-state index contributed by atoms with van der Waals surface area (Å²) in [6.45, 7) is 0. The molecule has 0 unspecified atom stereocenters. The maximum atomic E-state index is 12.7. The molecule has 0 N–H and O–H groups in total. The Balaban J connectivity index is 3.04. The average Bonchev–Trinajstić information content (AvgIpc) is 1.99. The van der Waals surface area contributed by atoms with Crippen LogP contribution in [0.15, 0.2) is 18.2 Å². The Labute approximate surface area is 81.5 Å². The van der Waals surface area contributed by atoms with Crippen LogP contribution in [0.3, 0.4) is 0 Å². The van der Waals surface area contributed by atoms with Crippen LogP contribution in [0, 0.1) is 15.9 Å². The molecule has 0 aromatic heterocycles. The first-order chi connectivity index (χ1) is 6.78. The number of benzene rings is 1. The highest BCUT2D eigenvalue weighted by Gasteiger charge is 2.28. The molecule has 0 saturated carbocycles. The van der Waals surface area contributed by atoms with Gasteiger partial charge in [-0.05, 0) is 11.6 Å². The van der Waals surface area contributed by atoms with Crippen LogP contribution in [-0.4, -0.2) is 11.1 Å². The molecule has 0 amide bonds. The summed E-state index contributed by atoms with van der Waals surface area (Å²) in [5.74, 6) is -1.05. The zero-order chi connectivity index (χ0) is 11.6. The van der Waals surface area contributed by atoms with Gasteiger partial charge in [-0.1, -0.05) is 0 Å². The fraction of sp³-hybridized carbons (Fsp3) is 0.250. The third-order valence-corrected chi connectivity index (χ3v) is 1.56. The first-order valence-electron chi connectivity index (χ1n) is 3.78. The lowest BCUT2D eigenvalue weighted by Crippen LogP contribution is -2.11. The van der Waals surface area contributed by atoms with Crippen LogP contribution in [-0.2, 0) is 6.42 Å². The van der Waals surface area contributed by atoms with Crippen molar-refractivity contribution < 1.29 is 22.5 Å². The van der Waals surface area contributed by atoms with E-state index in [1.807, 2.05) is 0 Å². The first-order valence-corrected chi connectivity index (χ1v) is 3.78. The number of non-ortho nitro benzene ring substituents is 1. The Morgan fingerprint density at radius 1 is 1.27 bits per heavy atom. The molecule has 0 saturated heterocycles. The lowest BCUT2D eigenvalue weighted by atomic mass is 10.1. The molecule has 0 heterocycles. The van der Waals surface area contributed by atoms with Crippen LogP contribution in [0.25, 0.3) is 0 Å². The quantitative estimate of drug-likeness (QED) is 0.439. The van der Waals surface area contributed by atoms with E-state index in [1.54, 1.807) is 0 Å². The predicted octanol–water partition coefficient (Wildman–Crippen LogP) is 2.84. The highest BCUT2D eigenvalue weighted by molar-refractivity contribution is 5.35. The van der Waals surface area contributed by atoms with E-state index >= 15 is 0 Å². The van der Waals surface area contributed by atoms with Crippen molar-refractivity contribution in [2.45, 2.75) is 12.6 Å². The second kappa shape index (κ2) is 3.84. The lowest BCUT2D eigenvalue weighted by Gasteiger charge is -2.05. The Bertz CT molecular complexity index is 389. The maximum Gasteiger partial charge on any atom is 0.393 e. The van der Waals surface area contributed by atoms with Crippen molar-refractivity contribution in [1.82, 2.24) is 0 Å². The van der Waals surface area contributed by atoms with E-state index in [1.165, 1.54) is 0 Å². The van der Waals surface area contributed by atoms with E-state index in [9.17, 15) is 27.7 Å². The Kier molecular flexibility index (Phi) is 2.92. The van der Waals surface area contributed by atoms with Crippen LogP contribution in [0.5, 0.6) is 0 Å². The van der Waals surface area contributed by atoms with Crippen molar-refractivity contribution in [1.29, 1.82) is 0 Å². The van der Waals surface area contributed by atoms with Crippen LogP contribution in [0.2, 0.25) is 0 Å². The van der Waals surface area contributed by atoms with Gasteiger partial charge in [-0.25, -0.2) is 4.39 Å². The number of nitro groups is 1. The number of halogens is 4. The highest BCUT2D eigenvalue weighted by Crippen LogP contribution is 2.24. The number of alkyl halides is 3. The number of hydrogen-bond acceptors (Lipinski definition) is 2. The summed E-state index contributed by atoms with van der Waals surface area (Å²) in [6.07, 6.45) is -5.90. The summed E-state index contributed by atoms with van der Waals surface area (Å²) < 4.78 is 48.4. The zero-order valence-electron chi connectivity index (χ0n) is 7.21. The smallest absolute Gasteiger partial charge is 0.258 e. The van der Waals surface area contributed by atoms with Crippen LogP contribution < -0.4 is 0 Å². The largest absolute Gasteiger partial charge is 0.393 e. The van der Waals surface area contributed by atoms with Crippen molar-refractivity contribution in [3.63, 3.8) is 0 Å². The molecule has 1 rings (SSSR count). The molecule has 0 radical (unpaired) electrons. The molecule has 0 atom stereocenters. The monoisotopic (exact) mass is 223 g/mol. The molecule has 0 aliphatic carbocycles. The van der Waals surface area contributed by atoms with Gasteiger partial charge >= 0.3 is 6.18 Å². The van der Waals surface area contributed by atoms with Crippen molar-refractivity contribution in [2.24, 2.45) is 0 Å². The van der Waals surface area contributed by atoms with Crippen molar-refractivity contribution in [3.8, 4) is 0 Å². The van der Waals surface area contributed by atoms with E-state index in [0.29, 0.717) is 18.2 Å². The third-order valence-electron chi connectivity index (χ3n) is 1.56. The Hall–Kier alpha value is -1.66. The van der Waals surface area contributed by atoms with Gasteiger partial charge in [-0.2, -0.15) is 13.2 Å². The highest BCUT2D eigenvalue weighted by atomic mass is 19.4. The van der Waals surface area contributed by atoms with Gasteiger partial charge in [0.15, 0.2) is 0 Å². The fourth-order valence-corrected chi connectivity index (χ4v) is 1.07. The second-order valence-electron chi connectivity index (χ2n) is 2.87. The molecule has 0 fully saturated rings. The van der Waals surface area contributed by atoms with E-state index in [4.69, 9.17) is 0 Å². The van der Waals surface area contributed by atoms with Gasteiger partial charge in [-0.3, -0.25) is 10.1 Å². The van der Waals surface area contributed by atoms with Gasteiger partial charge in [0.1, 0.15) is 5.82 Å². The summed E-state index contributed by atoms with van der Waals surface area (Å²) >= 11 is 0. The minimum atomic E-state index is -4.51. The number of nitro benzene ring substituents is 1. The Morgan fingerprint density at radius 3 is 2.33 bits per heavy atom. The molecule has 15 heavy (non-hydrogen) atoms. The minimum absolute atomic E-state index is 0.464. The molecule has 0 spiro atoms. The summed E-state index contributed by atoms with van der Waals surface area (Å²) in [7, 11) is 0. The molecule has 82 valence electrons. The van der Waals surface area contributed by atoms with Crippen molar-refractivity contribution in [2.75, 3.05) is 0 Å². The van der Waals surface area contributed by atoms with Gasteiger partial charge in [0, 0.05) is 6.07 Å². The van der Waals surface area contributed by atoms with Gasteiger partial charge < -0.3 is 0 Å².